The molecule has 17 heavy (non-hydrogen) atoms. The van der Waals surface area contributed by atoms with E-state index in [0.717, 1.165) is 0 Å². The third-order valence-corrected chi connectivity index (χ3v) is 0. The van der Waals surface area contributed by atoms with E-state index < -0.39 is 0 Å². The quantitative estimate of drug-likeness (QED) is 0.215. The molecule has 0 aromatic carbocycles. The van der Waals surface area contributed by atoms with Gasteiger partial charge in [0.25, 0.3) is 0 Å². The molecule has 11 radical (unpaired) electrons. The van der Waals surface area contributed by atoms with Crippen LogP contribution in [0.5, 0.6) is 0 Å². The second-order valence-corrected chi connectivity index (χ2v) is 0. The maximum Gasteiger partial charge on any atom is 0 e. The molecular formula is H10AlBiCrCuFeHfMnMoNbNiPbSbSnTiVWZr. The number of hydrogen-bond acceptors (Lipinski definition) is 0. The van der Waals surface area contributed by atoms with Gasteiger partial charge in [0.1, 0.15) is 0 Å². The zero-order valence-corrected chi connectivity index (χ0v) is 46.8. The first-order valence-electron chi connectivity index (χ1n) is 0. The fourth-order valence-electron chi connectivity index (χ4n) is 0. The molecule has 0 aromatic heterocycles. The number of hydrogen-bond donors (Lipinski definition) is 0. The predicted octanol–water partition coefficient (Wildman–Crippen LogP) is -4.61. The molecule has 0 saturated heterocycles. The Morgan fingerprint density at radius 2 is 1.00 bits per heavy atom. The van der Waals surface area contributed by atoms with Gasteiger partial charge in [0.05, 0.1) is 0 Å². The van der Waals surface area contributed by atoms with Crippen molar-refractivity contribution in [2.24, 2.45) is 0 Å². The van der Waals surface area contributed by atoms with Crippen LogP contribution in [0.2, 0.25) is 0 Å². The molecule has 0 aliphatic heterocycles. The SMILES string of the molecule is [AlH3].[BiH3].[Cr].[Cu].[Fe].[Hf].[Mn].[Mo].[Nb].[Ni].[PbH2].[Sb].[SnH2].[Ti].[V].[W].[Zr]. The van der Waals surface area contributed by atoms with Crippen molar-refractivity contribution in [2.45, 2.75) is 0 Å². The second-order valence-electron chi connectivity index (χ2n) is 0. The van der Waals surface area contributed by atoms with Crippen molar-refractivity contribution in [3.05, 3.63) is 0 Å². The van der Waals surface area contributed by atoms with E-state index in [1.807, 2.05) is 0 Å². The Morgan fingerprint density at radius 3 is 1.00 bits per heavy atom. The normalized spacial score (nSPS) is 0. The summed E-state index contributed by atoms with van der Waals surface area (Å²) >= 11 is 0. The van der Waals surface area contributed by atoms with Crippen LogP contribution in [0.3, 0.4) is 0 Å². The summed E-state index contributed by atoms with van der Waals surface area (Å²) in [7, 11) is 0. The molecule has 0 unspecified atom stereocenters. The van der Waals surface area contributed by atoms with Crippen LogP contribution in [-0.4, -0.2) is 119 Å². The Labute approximate surface area is 351 Å². The first-order valence-corrected chi connectivity index (χ1v) is 0. The summed E-state index contributed by atoms with van der Waals surface area (Å²) in [5, 5.41) is 0. The molecule has 0 N–H and O–H groups in total. The summed E-state index contributed by atoms with van der Waals surface area (Å²) in [5.74, 6) is 0. The van der Waals surface area contributed by atoms with Crippen molar-refractivity contribution in [3.63, 3.8) is 0 Å². The Hall–Kier alpha value is 11.7. The van der Waals surface area contributed by atoms with Gasteiger partial charge in [-0.25, -0.2) is 0 Å². The van der Waals surface area contributed by atoms with E-state index in [9.17, 15) is 0 Å². The Morgan fingerprint density at radius 1 is 1.00 bits per heavy atom. The molecule has 0 aliphatic carbocycles. The molecule has 0 fully saturated rings. The number of rotatable bonds is 0. The Kier molecular flexibility index (Phi) is 1360. The molecular weight excluding hydrogens is 1710 g/mol. The molecule has 0 aromatic rings. The van der Waals surface area contributed by atoms with Gasteiger partial charge in [-0.3, -0.25) is 0 Å². The van der Waals surface area contributed by atoms with Gasteiger partial charge >= 0.3 is 77.4 Å². The van der Waals surface area contributed by atoms with Gasteiger partial charge in [-0.05, 0) is 0 Å². The molecule has 0 atom stereocenters. The minimum Gasteiger partial charge on any atom is 0 e. The van der Waals surface area contributed by atoms with Crippen LogP contribution < -0.4 is 0 Å². The minimum absolute atomic E-state index is 0. The maximum atomic E-state index is 0. The van der Waals surface area contributed by atoms with E-state index >= 15 is 0 Å². The third-order valence-electron chi connectivity index (χ3n) is 0. The summed E-state index contributed by atoms with van der Waals surface area (Å²) < 4.78 is 0. The van der Waals surface area contributed by atoms with Gasteiger partial charge < -0.3 is 0 Å². The van der Waals surface area contributed by atoms with Gasteiger partial charge in [0.2, 0.25) is 0 Å². The van der Waals surface area contributed by atoms with E-state index in [0.29, 0.717) is 0 Å². The molecule has 0 amide bonds. The van der Waals surface area contributed by atoms with E-state index in [1.165, 1.54) is 0 Å². The topological polar surface area (TPSA) is 0 Å². The summed E-state index contributed by atoms with van der Waals surface area (Å²) in [6.07, 6.45) is 0. The molecule has 0 saturated carbocycles. The fraction of sp³-hybridized carbons (Fsp3) is 0. The van der Waals surface area contributed by atoms with E-state index in [2.05, 4.69) is 0 Å². The van der Waals surface area contributed by atoms with Crippen LogP contribution >= 0.6 is 0 Å². The van der Waals surface area contributed by atoms with Crippen LogP contribution in [-0.2, 0) is 242 Å². The third kappa shape index (κ3) is 134. The van der Waals surface area contributed by atoms with Crippen LogP contribution in [0.15, 0.2) is 0 Å². The molecule has 0 rings (SSSR count). The molecule has 107 valence electrons. The molecule has 17 heteroatoms. The van der Waals surface area contributed by atoms with E-state index in [1.54, 1.807) is 0 Å². The summed E-state index contributed by atoms with van der Waals surface area (Å²) in [5.41, 5.74) is 0. The van der Waals surface area contributed by atoms with Gasteiger partial charge in [0, 0.05) is 266 Å². The largest absolute Gasteiger partial charge is 0 e. The van der Waals surface area contributed by atoms with Gasteiger partial charge in [-0.1, -0.05) is 0 Å². The predicted molar refractivity (Wildman–Crippen MR) is 42.7 cm³/mol. The van der Waals surface area contributed by atoms with Crippen LogP contribution in [0.1, 0.15) is 0 Å². The molecule has 0 heterocycles. The molecule has 0 aliphatic rings. The van der Waals surface area contributed by atoms with E-state index in [4.69, 9.17) is 0 Å². The minimum atomic E-state index is 0. The van der Waals surface area contributed by atoms with Crippen molar-refractivity contribution in [1.82, 2.24) is 0 Å². The Bertz CT molecular complexity index is 69.5. The standard InChI is InChI=1S/Al.Bi.Cr.Cu.Fe.Hf.Mn.Mo.Nb.Ni.Pb.Sb.Sn.Ti.V.W.Zr.10H. The molecule has 0 bridgehead atoms. The zero-order chi connectivity index (χ0) is 0. The first-order chi connectivity index (χ1) is 0. The molecule has 0 spiro atoms. The first kappa shape index (κ1) is 161. The van der Waals surface area contributed by atoms with Crippen molar-refractivity contribution >= 4 is 119 Å². The van der Waals surface area contributed by atoms with Gasteiger partial charge in [-0.2, -0.15) is 0 Å². The van der Waals surface area contributed by atoms with Gasteiger partial charge in [0.15, 0.2) is 17.4 Å². The zero-order valence-electron chi connectivity index (χ0n) is 7.54. The van der Waals surface area contributed by atoms with Crippen LogP contribution in [0, 0.1) is 0 Å². The summed E-state index contributed by atoms with van der Waals surface area (Å²) in [6, 6.07) is 0. The summed E-state index contributed by atoms with van der Waals surface area (Å²) in [6.45, 7) is 0. The Balaban J connectivity index is 0. The smallest absolute Gasteiger partial charge is 0 e. The monoisotopic (exact) mass is 1720 g/mol. The van der Waals surface area contributed by atoms with Crippen molar-refractivity contribution in [2.75, 3.05) is 0 Å². The second kappa shape index (κ2) is 144. The summed E-state index contributed by atoms with van der Waals surface area (Å²) in [4.78, 5) is 0. The maximum absolute atomic E-state index is 0. The van der Waals surface area contributed by atoms with Crippen molar-refractivity contribution in [3.8, 4) is 0 Å². The fourth-order valence-corrected chi connectivity index (χ4v) is 0. The average molecular weight is 1720 g/mol. The van der Waals surface area contributed by atoms with Crippen LogP contribution in [0.4, 0.5) is 0 Å². The van der Waals surface area contributed by atoms with Gasteiger partial charge in [-0.15, -0.1) is 0 Å². The molecule has 0 nitrogen and oxygen atoms in total. The van der Waals surface area contributed by atoms with Crippen molar-refractivity contribution < 1.29 is 242 Å². The van der Waals surface area contributed by atoms with Crippen LogP contribution in [0.25, 0.3) is 0 Å². The van der Waals surface area contributed by atoms with Crippen molar-refractivity contribution in [1.29, 1.82) is 0 Å². The van der Waals surface area contributed by atoms with E-state index in [-0.39, 0.29) is 361 Å². The average Bonchev–Trinajstić information content (AvgIpc) is 0.